The first-order valence-corrected chi connectivity index (χ1v) is 4.00. The van der Waals surface area contributed by atoms with Gasteiger partial charge in [-0.1, -0.05) is 12.1 Å². The number of aldehydes is 1. The van der Waals surface area contributed by atoms with Crippen LogP contribution in [0.15, 0.2) is 24.3 Å². The fraction of sp³-hybridized carbons (Fsp3) is 0.200. The van der Waals surface area contributed by atoms with Crippen LogP contribution in [0.3, 0.4) is 0 Å². The molecule has 0 spiro atoms. The molecule has 0 aromatic heterocycles. The molecule has 0 amide bonds. The van der Waals surface area contributed by atoms with Crippen molar-refractivity contribution in [1.82, 2.24) is 0 Å². The third-order valence-electron chi connectivity index (χ3n) is 1.69. The minimum absolute atomic E-state index is 0.0293. The van der Waals surface area contributed by atoms with E-state index in [0.717, 1.165) is 0 Å². The van der Waals surface area contributed by atoms with Crippen LogP contribution in [0.4, 0.5) is 0 Å². The number of phenolic OH excluding ortho intramolecular Hbond substituents is 1. The Balaban J connectivity index is 2.76. The lowest BCUT2D eigenvalue weighted by Gasteiger charge is -2.00. The van der Waals surface area contributed by atoms with Crippen LogP contribution >= 0.6 is 0 Å². The first-order chi connectivity index (χ1) is 6.25. The largest absolute Gasteiger partial charge is 0.507 e. The topological polar surface area (TPSA) is 54.4 Å². The zero-order valence-electron chi connectivity index (χ0n) is 7.06. The van der Waals surface area contributed by atoms with Crippen LogP contribution in [0.25, 0.3) is 0 Å². The Kier molecular flexibility index (Phi) is 3.20. The maximum Gasteiger partial charge on any atom is 0.167 e. The number of rotatable bonds is 4. The van der Waals surface area contributed by atoms with Crippen molar-refractivity contribution in [2.24, 2.45) is 0 Å². The number of ketones is 1. The maximum atomic E-state index is 11.3. The third kappa shape index (κ3) is 2.40. The molecule has 0 saturated heterocycles. The fourth-order valence-electron chi connectivity index (χ4n) is 1.03. The monoisotopic (exact) mass is 178 g/mol. The summed E-state index contributed by atoms with van der Waals surface area (Å²) in [5.74, 6) is -0.233. The van der Waals surface area contributed by atoms with Crippen LogP contribution in [0.1, 0.15) is 23.2 Å². The van der Waals surface area contributed by atoms with E-state index >= 15 is 0 Å². The number of para-hydroxylation sites is 1. The Labute approximate surface area is 76.0 Å². The van der Waals surface area contributed by atoms with Gasteiger partial charge in [-0.05, 0) is 12.1 Å². The number of benzene rings is 1. The average Bonchev–Trinajstić information content (AvgIpc) is 2.15. The van der Waals surface area contributed by atoms with E-state index in [1.54, 1.807) is 18.2 Å². The molecule has 0 fully saturated rings. The van der Waals surface area contributed by atoms with E-state index < -0.39 is 0 Å². The van der Waals surface area contributed by atoms with Crippen molar-refractivity contribution in [2.75, 3.05) is 0 Å². The van der Waals surface area contributed by atoms with Gasteiger partial charge in [0.2, 0.25) is 0 Å². The van der Waals surface area contributed by atoms with E-state index in [4.69, 9.17) is 0 Å². The van der Waals surface area contributed by atoms with Gasteiger partial charge in [0.25, 0.3) is 0 Å². The van der Waals surface area contributed by atoms with E-state index in [1.807, 2.05) is 0 Å². The normalized spacial score (nSPS) is 9.54. The van der Waals surface area contributed by atoms with Crippen LogP contribution in [0, 0.1) is 0 Å². The Hall–Kier alpha value is -1.64. The summed E-state index contributed by atoms with van der Waals surface area (Å²) in [5, 5.41) is 9.27. The van der Waals surface area contributed by atoms with Gasteiger partial charge in [-0.2, -0.15) is 0 Å². The van der Waals surface area contributed by atoms with E-state index in [9.17, 15) is 14.7 Å². The molecule has 1 N–H and O–H groups in total. The lowest BCUT2D eigenvalue weighted by atomic mass is 10.1. The second-order valence-corrected chi connectivity index (χ2v) is 2.65. The lowest BCUT2D eigenvalue weighted by Crippen LogP contribution is -1.99. The molecule has 68 valence electrons. The van der Waals surface area contributed by atoms with E-state index in [1.165, 1.54) is 6.07 Å². The van der Waals surface area contributed by atoms with Gasteiger partial charge >= 0.3 is 0 Å². The Morgan fingerprint density at radius 1 is 1.38 bits per heavy atom. The predicted molar refractivity (Wildman–Crippen MR) is 47.7 cm³/mol. The van der Waals surface area contributed by atoms with Crippen molar-refractivity contribution in [3.63, 3.8) is 0 Å². The molecule has 0 aliphatic carbocycles. The highest BCUT2D eigenvalue weighted by Gasteiger charge is 2.08. The summed E-state index contributed by atoms with van der Waals surface area (Å²) >= 11 is 0. The van der Waals surface area contributed by atoms with Crippen LogP contribution in [-0.2, 0) is 4.79 Å². The molecule has 0 unspecified atom stereocenters. The molecule has 0 heterocycles. The molecule has 0 radical (unpaired) electrons. The van der Waals surface area contributed by atoms with Gasteiger partial charge in [0.15, 0.2) is 5.78 Å². The molecular formula is C10H10O3. The molecule has 0 bridgehead atoms. The molecule has 0 saturated carbocycles. The van der Waals surface area contributed by atoms with Crippen LogP contribution in [-0.4, -0.2) is 17.2 Å². The SMILES string of the molecule is O=CCCC(=O)c1ccccc1O. The lowest BCUT2D eigenvalue weighted by molar-refractivity contribution is -0.107. The van der Waals surface area contributed by atoms with Crippen LogP contribution in [0.5, 0.6) is 5.75 Å². The fourth-order valence-corrected chi connectivity index (χ4v) is 1.03. The van der Waals surface area contributed by atoms with Crippen molar-refractivity contribution in [3.8, 4) is 5.75 Å². The molecule has 13 heavy (non-hydrogen) atoms. The number of carbonyl (C=O) groups is 2. The standard InChI is InChI=1S/C10H10O3/c11-7-3-6-10(13)8-4-1-2-5-9(8)12/h1-2,4-5,7,12H,3,6H2. The van der Waals surface area contributed by atoms with Gasteiger partial charge < -0.3 is 9.90 Å². The summed E-state index contributed by atoms with van der Waals surface area (Å²) in [4.78, 5) is 21.3. The quantitative estimate of drug-likeness (QED) is 0.562. The van der Waals surface area contributed by atoms with Crippen molar-refractivity contribution >= 4 is 12.1 Å². The van der Waals surface area contributed by atoms with Crippen molar-refractivity contribution in [2.45, 2.75) is 12.8 Å². The van der Waals surface area contributed by atoms with E-state index in [0.29, 0.717) is 6.29 Å². The highest BCUT2D eigenvalue weighted by Crippen LogP contribution is 2.17. The number of carbonyl (C=O) groups excluding carboxylic acids is 2. The zero-order chi connectivity index (χ0) is 9.68. The zero-order valence-corrected chi connectivity index (χ0v) is 7.06. The maximum absolute atomic E-state index is 11.3. The Morgan fingerprint density at radius 2 is 2.08 bits per heavy atom. The van der Waals surface area contributed by atoms with Crippen molar-refractivity contribution < 1.29 is 14.7 Å². The summed E-state index contributed by atoms with van der Waals surface area (Å²) in [7, 11) is 0. The van der Waals surface area contributed by atoms with E-state index in [-0.39, 0.29) is 29.9 Å². The van der Waals surface area contributed by atoms with Crippen LogP contribution in [0.2, 0.25) is 0 Å². The first-order valence-electron chi connectivity index (χ1n) is 4.00. The minimum Gasteiger partial charge on any atom is -0.507 e. The molecule has 3 heteroatoms. The van der Waals surface area contributed by atoms with Gasteiger partial charge in [0, 0.05) is 12.8 Å². The second kappa shape index (κ2) is 4.40. The third-order valence-corrected chi connectivity index (χ3v) is 1.69. The van der Waals surface area contributed by atoms with Gasteiger partial charge in [0.05, 0.1) is 5.56 Å². The number of hydrogen-bond donors (Lipinski definition) is 1. The minimum atomic E-state index is -0.204. The first kappa shape index (κ1) is 9.45. The summed E-state index contributed by atoms with van der Waals surface area (Å²) < 4.78 is 0. The van der Waals surface area contributed by atoms with Gasteiger partial charge in [0.1, 0.15) is 12.0 Å². The molecular weight excluding hydrogens is 168 g/mol. The molecule has 0 atom stereocenters. The predicted octanol–water partition coefficient (Wildman–Crippen LogP) is 1.55. The Bertz CT molecular complexity index is 318. The Morgan fingerprint density at radius 3 is 2.69 bits per heavy atom. The molecule has 0 aliphatic heterocycles. The smallest absolute Gasteiger partial charge is 0.167 e. The van der Waals surface area contributed by atoms with Crippen LogP contribution < -0.4 is 0 Å². The highest BCUT2D eigenvalue weighted by molar-refractivity contribution is 5.99. The summed E-state index contributed by atoms with van der Waals surface area (Å²) in [6.45, 7) is 0. The summed E-state index contributed by atoms with van der Waals surface area (Å²) in [5.41, 5.74) is 0.282. The van der Waals surface area contributed by atoms with Gasteiger partial charge in [-0.25, -0.2) is 0 Å². The molecule has 1 rings (SSSR count). The van der Waals surface area contributed by atoms with Gasteiger partial charge in [-0.3, -0.25) is 4.79 Å². The number of phenols is 1. The summed E-state index contributed by atoms with van der Waals surface area (Å²) in [6, 6.07) is 6.32. The number of Topliss-reactive ketones (excluding diaryl/α,β-unsaturated/α-hetero) is 1. The number of hydrogen-bond acceptors (Lipinski definition) is 3. The molecule has 1 aromatic rings. The number of aromatic hydroxyl groups is 1. The summed E-state index contributed by atoms with van der Waals surface area (Å²) in [6.07, 6.45) is 1.05. The molecule has 3 nitrogen and oxygen atoms in total. The molecule has 0 aliphatic rings. The average molecular weight is 178 g/mol. The highest BCUT2D eigenvalue weighted by atomic mass is 16.3. The second-order valence-electron chi connectivity index (χ2n) is 2.65. The van der Waals surface area contributed by atoms with Gasteiger partial charge in [-0.15, -0.1) is 0 Å². The van der Waals surface area contributed by atoms with Crippen molar-refractivity contribution in [3.05, 3.63) is 29.8 Å². The van der Waals surface area contributed by atoms with Crippen molar-refractivity contribution in [1.29, 1.82) is 0 Å². The van der Waals surface area contributed by atoms with E-state index in [2.05, 4.69) is 0 Å². The molecule has 1 aromatic carbocycles.